The van der Waals surface area contributed by atoms with E-state index in [0.717, 1.165) is 19.3 Å². The summed E-state index contributed by atoms with van der Waals surface area (Å²) < 4.78 is 0. The Balaban J connectivity index is 2.31. The molecule has 0 saturated carbocycles. The van der Waals surface area contributed by atoms with Crippen LogP contribution in [-0.4, -0.2) is 28.8 Å². The molecule has 1 fully saturated rings. The molecule has 1 amide bonds. The fourth-order valence-electron chi connectivity index (χ4n) is 2.15. The molecule has 96 valence electrons. The van der Waals surface area contributed by atoms with E-state index in [4.69, 9.17) is 5.73 Å². The zero-order valence-electron chi connectivity index (χ0n) is 9.96. The van der Waals surface area contributed by atoms with Gasteiger partial charge in [0.25, 0.3) is 11.6 Å². The summed E-state index contributed by atoms with van der Waals surface area (Å²) in [6, 6.07) is 4.19. The molecule has 18 heavy (non-hydrogen) atoms. The third kappa shape index (κ3) is 2.42. The van der Waals surface area contributed by atoms with E-state index in [0.29, 0.717) is 13.1 Å². The number of nitrogens with zero attached hydrogens (tertiary/aromatic N) is 2. The lowest BCUT2D eigenvalue weighted by molar-refractivity contribution is -0.385. The molecule has 1 aliphatic rings. The normalized spacial score (nSPS) is 15.4. The monoisotopic (exact) mass is 249 g/mol. The standard InChI is InChI=1S/C12H15N3O3/c13-9-4-5-10(11(8-9)15(17)18)12(16)14-6-2-1-3-7-14/h4-5,8H,1-3,6-7,13H2. The number of rotatable bonds is 2. The maximum atomic E-state index is 12.2. The van der Waals surface area contributed by atoms with Crippen molar-refractivity contribution in [1.29, 1.82) is 0 Å². The highest BCUT2D eigenvalue weighted by Crippen LogP contribution is 2.24. The van der Waals surface area contributed by atoms with Crippen molar-refractivity contribution >= 4 is 17.3 Å². The molecule has 0 atom stereocenters. The summed E-state index contributed by atoms with van der Waals surface area (Å²) in [6.45, 7) is 1.33. The molecule has 0 bridgehead atoms. The molecule has 1 aromatic rings. The third-order valence-electron chi connectivity index (χ3n) is 3.09. The van der Waals surface area contributed by atoms with Gasteiger partial charge in [0.2, 0.25) is 0 Å². The molecule has 0 aliphatic carbocycles. The first-order valence-corrected chi connectivity index (χ1v) is 5.93. The van der Waals surface area contributed by atoms with E-state index in [1.807, 2.05) is 0 Å². The highest BCUT2D eigenvalue weighted by atomic mass is 16.6. The van der Waals surface area contributed by atoms with Crippen molar-refractivity contribution in [3.8, 4) is 0 Å². The Hall–Kier alpha value is -2.11. The van der Waals surface area contributed by atoms with Gasteiger partial charge in [-0.2, -0.15) is 0 Å². The number of hydrogen-bond donors (Lipinski definition) is 1. The van der Waals surface area contributed by atoms with Gasteiger partial charge in [-0.15, -0.1) is 0 Å². The average Bonchev–Trinajstić information content (AvgIpc) is 2.39. The molecular formula is C12H15N3O3. The van der Waals surface area contributed by atoms with Crippen LogP contribution in [0.1, 0.15) is 29.6 Å². The number of carbonyl (C=O) groups is 1. The number of nitro groups is 1. The molecule has 1 heterocycles. The Morgan fingerprint density at radius 1 is 1.28 bits per heavy atom. The molecule has 1 saturated heterocycles. The minimum absolute atomic E-state index is 0.121. The second kappa shape index (κ2) is 5.03. The topological polar surface area (TPSA) is 89.5 Å². The number of piperidine rings is 1. The van der Waals surface area contributed by atoms with E-state index in [1.165, 1.54) is 18.2 Å². The average molecular weight is 249 g/mol. The number of carbonyl (C=O) groups excluding carboxylic acids is 1. The lowest BCUT2D eigenvalue weighted by atomic mass is 10.1. The number of amides is 1. The predicted octanol–water partition coefficient (Wildman–Crippen LogP) is 1.80. The zero-order valence-corrected chi connectivity index (χ0v) is 9.96. The largest absolute Gasteiger partial charge is 0.399 e. The zero-order chi connectivity index (χ0) is 13.1. The number of nitrogens with two attached hydrogens (primary N) is 1. The van der Waals surface area contributed by atoms with Crippen LogP contribution in [-0.2, 0) is 0 Å². The van der Waals surface area contributed by atoms with Crippen LogP contribution in [0.25, 0.3) is 0 Å². The number of nitrogen functional groups attached to an aromatic ring is 1. The van der Waals surface area contributed by atoms with Crippen molar-refractivity contribution in [2.24, 2.45) is 0 Å². The smallest absolute Gasteiger partial charge is 0.284 e. The molecule has 6 nitrogen and oxygen atoms in total. The van der Waals surface area contributed by atoms with Crippen LogP contribution in [0.3, 0.4) is 0 Å². The Kier molecular flexibility index (Phi) is 3.45. The van der Waals surface area contributed by atoms with E-state index in [1.54, 1.807) is 4.90 Å². The van der Waals surface area contributed by atoms with Gasteiger partial charge in [0.05, 0.1) is 4.92 Å². The Morgan fingerprint density at radius 2 is 1.94 bits per heavy atom. The molecule has 2 N–H and O–H groups in total. The van der Waals surface area contributed by atoms with Gasteiger partial charge in [-0.05, 0) is 31.4 Å². The van der Waals surface area contributed by atoms with Gasteiger partial charge in [-0.1, -0.05) is 0 Å². The number of benzene rings is 1. The first-order chi connectivity index (χ1) is 8.59. The molecule has 6 heteroatoms. The van der Waals surface area contributed by atoms with Crippen molar-refractivity contribution in [2.75, 3.05) is 18.8 Å². The van der Waals surface area contributed by atoms with Crippen LogP contribution in [0.15, 0.2) is 18.2 Å². The first-order valence-electron chi connectivity index (χ1n) is 5.93. The Morgan fingerprint density at radius 3 is 2.56 bits per heavy atom. The van der Waals surface area contributed by atoms with E-state index >= 15 is 0 Å². The van der Waals surface area contributed by atoms with Gasteiger partial charge in [0.1, 0.15) is 5.56 Å². The van der Waals surface area contributed by atoms with Crippen molar-refractivity contribution in [1.82, 2.24) is 4.90 Å². The number of likely N-dealkylation sites (tertiary alicyclic amines) is 1. The van der Waals surface area contributed by atoms with E-state index in [9.17, 15) is 14.9 Å². The van der Waals surface area contributed by atoms with Gasteiger partial charge in [0, 0.05) is 24.8 Å². The van der Waals surface area contributed by atoms with E-state index in [-0.39, 0.29) is 22.8 Å². The SMILES string of the molecule is Nc1ccc(C(=O)N2CCCCC2)c([N+](=O)[O-])c1. The molecule has 1 aliphatic heterocycles. The highest BCUT2D eigenvalue weighted by Gasteiger charge is 2.25. The van der Waals surface area contributed by atoms with Gasteiger partial charge in [-0.25, -0.2) is 0 Å². The van der Waals surface area contributed by atoms with Gasteiger partial charge in [0.15, 0.2) is 0 Å². The van der Waals surface area contributed by atoms with Gasteiger partial charge >= 0.3 is 0 Å². The lowest BCUT2D eigenvalue weighted by Gasteiger charge is -2.26. The fraction of sp³-hybridized carbons (Fsp3) is 0.417. The summed E-state index contributed by atoms with van der Waals surface area (Å²) in [7, 11) is 0. The van der Waals surface area contributed by atoms with Crippen molar-refractivity contribution in [2.45, 2.75) is 19.3 Å². The molecule has 0 aromatic heterocycles. The minimum atomic E-state index is -0.562. The molecule has 0 radical (unpaired) electrons. The molecule has 2 rings (SSSR count). The van der Waals surface area contributed by atoms with Crippen molar-refractivity contribution in [3.05, 3.63) is 33.9 Å². The molecular weight excluding hydrogens is 234 g/mol. The van der Waals surface area contributed by atoms with Gasteiger partial charge in [-0.3, -0.25) is 14.9 Å². The van der Waals surface area contributed by atoms with Crippen LogP contribution >= 0.6 is 0 Å². The third-order valence-corrected chi connectivity index (χ3v) is 3.09. The number of hydrogen-bond acceptors (Lipinski definition) is 4. The summed E-state index contributed by atoms with van der Waals surface area (Å²) in [5, 5.41) is 10.9. The summed E-state index contributed by atoms with van der Waals surface area (Å²) in [5.41, 5.74) is 5.71. The fourth-order valence-corrected chi connectivity index (χ4v) is 2.15. The van der Waals surface area contributed by atoms with E-state index < -0.39 is 4.92 Å². The van der Waals surface area contributed by atoms with Crippen LogP contribution in [0.5, 0.6) is 0 Å². The van der Waals surface area contributed by atoms with Gasteiger partial charge < -0.3 is 10.6 Å². The Bertz CT molecular complexity index is 481. The number of nitro benzene ring substituents is 1. The maximum absolute atomic E-state index is 12.2. The summed E-state index contributed by atoms with van der Waals surface area (Å²) >= 11 is 0. The van der Waals surface area contributed by atoms with Crippen LogP contribution in [0.2, 0.25) is 0 Å². The molecule has 0 spiro atoms. The van der Waals surface area contributed by atoms with E-state index in [2.05, 4.69) is 0 Å². The second-order valence-electron chi connectivity index (χ2n) is 4.39. The highest BCUT2D eigenvalue weighted by molar-refractivity contribution is 5.98. The van der Waals surface area contributed by atoms with Crippen LogP contribution in [0, 0.1) is 10.1 Å². The first kappa shape index (κ1) is 12.3. The predicted molar refractivity (Wildman–Crippen MR) is 67.3 cm³/mol. The summed E-state index contributed by atoms with van der Waals surface area (Å²) in [6.07, 6.45) is 3.01. The number of anilines is 1. The quantitative estimate of drug-likeness (QED) is 0.491. The van der Waals surface area contributed by atoms with Crippen molar-refractivity contribution < 1.29 is 9.72 Å². The van der Waals surface area contributed by atoms with Crippen molar-refractivity contribution in [3.63, 3.8) is 0 Å². The molecule has 0 unspecified atom stereocenters. The Labute approximate surface area is 105 Å². The van der Waals surface area contributed by atoms with Crippen LogP contribution in [0.4, 0.5) is 11.4 Å². The maximum Gasteiger partial charge on any atom is 0.284 e. The summed E-state index contributed by atoms with van der Waals surface area (Å²) in [4.78, 5) is 24.3. The lowest BCUT2D eigenvalue weighted by Crippen LogP contribution is -2.35. The summed E-state index contributed by atoms with van der Waals surface area (Å²) in [5.74, 6) is -0.276. The molecule has 1 aromatic carbocycles. The van der Waals surface area contributed by atoms with Crippen LogP contribution < -0.4 is 5.73 Å². The second-order valence-corrected chi connectivity index (χ2v) is 4.39. The minimum Gasteiger partial charge on any atom is -0.399 e.